The minimum Gasteiger partial charge on any atom is -0.489 e. The van der Waals surface area contributed by atoms with Crippen molar-refractivity contribution in [3.63, 3.8) is 0 Å². The Morgan fingerprint density at radius 1 is 0.640 bits per heavy atom. The van der Waals surface area contributed by atoms with E-state index in [-0.39, 0.29) is 29.1 Å². The first-order chi connectivity index (χ1) is 36.4. The second kappa shape index (κ2) is 28.1. The molecular formula is C61H72N8O6. The van der Waals surface area contributed by atoms with E-state index in [9.17, 15) is 14.4 Å². The van der Waals surface area contributed by atoms with Crippen molar-refractivity contribution in [2.45, 2.75) is 79.6 Å². The monoisotopic (exact) mass is 1010 g/mol. The predicted molar refractivity (Wildman–Crippen MR) is 296 cm³/mol. The number of piperidine rings is 1. The molecule has 14 nitrogen and oxygen atoms in total. The Kier molecular flexibility index (Phi) is 20.6. The number of carbonyl (C=O) groups is 3. The van der Waals surface area contributed by atoms with Gasteiger partial charge in [0.1, 0.15) is 37.1 Å². The minimum absolute atomic E-state index is 0.00970. The van der Waals surface area contributed by atoms with Crippen molar-refractivity contribution >= 4 is 34.8 Å². The number of rotatable bonds is 18. The number of hydrogen-bond acceptors (Lipinski definition) is 11. The number of aromatic nitrogens is 3. The van der Waals surface area contributed by atoms with E-state index in [1.54, 1.807) is 37.2 Å². The van der Waals surface area contributed by atoms with E-state index >= 15 is 0 Å². The number of amides is 3. The van der Waals surface area contributed by atoms with Gasteiger partial charge in [0.25, 0.3) is 5.91 Å². The third kappa shape index (κ3) is 18.3. The lowest BCUT2D eigenvalue weighted by atomic mass is 10.1. The summed E-state index contributed by atoms with van der Waals surface area (Å²) >= 11 is 0. The molecule has 9 rings (SSSR count). The van der Waals surface area contributed by atoms with Gasteiger partial charge in [-0.05, 0) is 119 Å². The molecule has 0 bridgehead atoms. The smallest absolute Gasteiger partial charge is 0.252 e. The second-order valence-corrected chi connectivity index (χ2v) is 20.0. The summed E-state index contributed by atoms with van der Waals surface area (Å²) < 4.78 is 17.3. The number of ether oxygens (including phenoxy) is 3. The van der Waals surface area contributed by atoms with Crippen LogP contribution in [0, 0.1) is 17.3 Å². The fourth-order valence-electron chi connectivity index (χ4n) is 8.95. The van der Waals surface area contributed by atoms with Gasteiger partial charge >= 0.3 is 0 Å². The van der Waals surface area contributed by atoms with Crippen LogP contribution in [0.3, 0.4) is 0 Å². The zero-order valence-corrected chi connectivity index (χ0v) is 44.0. The van der Waals surface area contributed by atoms with Crippen LogP contribution in [-0.2, 0) is 34.2 Å². The summed E-state index contributed by atoms with van der Waals surface area (Å²) in [6.45, 7) is 14.5. The van der Waals surface area contributed by atoms with Crippen LogP contribution in [0.5, 0.6) is 17.2 Å². The van der Waals surface area contributed by atoms with Crippen LogP contribution in [0.4, 0.5) is 17.1 Å². The third-order valence-electron chi connectivity index (χ3n) is 13.1. The molecule has 5 heterocycles. The van der Waals surface area contributed by atoms with Gasteiger partial charge in [-0.15, -0.1) is 0 Å². The molecule has 3 aromatic heterocycles. The molecule has 1 aliphatic carbocycles. The average Bonchev–Trinajstić information content (AvgIpc) is 3.97. The van der Waals surface area contributed by atoms with Crippen molar-refractivity contribution in [2.75, 3.05) is 55.7 Å². The highest BCUT2D eigenvalue weighted by Crippen LogP contribution is 2.59. The number of benzene rings is 3. The third-order valence-corrected chi connectivity index (χ3v) is 13.1. The first kappa shape index (κ1) is 55.1. The molecule has 6 aromatic rings. The molecule has 3 aliphatic rings. The summed E-state index contributed by atoms with van der Waals surface area (Å²) in [6, 6.07) is 34.0. The van der Waals surface area contributed by atoms with Gasteiger partial charge in [-0.25, -0.2) is 0 Å². The van der Waals surface area contributed by atoms with Crippen molar-refractivity contribution in [3.8, 4) is 17.2 Å². The highest BCUT2D eigenvalue weighted by molar-refractivity contribution is 6.04. The van der Waals surface area contributed by atoms with E-state index in [0.717, 1.165) is 83.4 Å². The van der Waals surface area contributed by atoms with Gasteiger partial charge in [0.2, 0.25) is 11.8 Å². The SMILES string of the molecule is CC(C)=CC1C(C(=O)Nc2cccc(OCc3cccnc3)c2)C1(C)C.CN1CCC=C(C(=O)Nc2cccc(OCc3cccnc3)c2)C1.O=C(CCN1CCCCC1)Nc1cccc(OCc2cccnc2)c1. The molecule has 2 atom stereocenters. The van der Waals surface area contributed by atoms with Gasteiger partial charge in [0.05, 0.1) is 5.92 Å². The molecule has 3 aromatic carbocycles. The number of hydrogen-bond donors (Lipinski definition) is 3. The van der Waals surface area contributed by atoms with Gasteiger partial charge in [0.15, 0.2) is 0 Å². The number of carbonyl (C=O) groups excluding carboxylic acids is 3. The van der Waals surface area contributed by atoms with Gasteiger partial charge in [-0.3, -0.25) is 29.3 Å². The fraction of sp³-hybridized carbons (Fsp3) is 0.344. The lowest BCUT2D eigenvalue weighted by Gasteiger charge is -2.25. The van der Waals surface area contributed by atoms with Gasteiger partial charge < -0.3 is 40.0 Å². The Labute approximate surface area is 442 Å². The quantitative estimate of drug-likeness (QED) is 0.0703. The molecule has 0 radical (unpaired) electrons. The summed E-state index contributed by atoms with van der Waals surface area (Å²) in [5.74, 6) is 2.56. The molecule has 2 unspecified atom stereocenters. The largest absolute Gasteiger partial charge is 0.489 e. The van der Waals surface area contributed by atoms with Crippen LogP contribution in [0.1, 0.15) is 76.5 Å². The lowest BCUT2D eigenvalue weighted by molar-refractivity contribution is -0.118. The minimum atomic E-state index is -0.0500. The molecule has 1 saturated carbocycles. The molecule has 3 N–H and O–H groups in total. The van der Waals surface area contributed by atoms with Crippen molar-refractivity contribution in [1.82, 2.24) is 24.8 Å². The van der Waals surface area contributed by atoms with Crippen molar-refractivity contribution in [3.05, 3.63) is 186 Å². The Bertz CT molecular complexity index is 2820. The van der Waals surface area contributed by atoms with E-state index in [1.165, 1.54) is 24.8 Å². The standard InChI is InChI=1S/C22H26N2O2.C20H25N3O2.C19H21N3O2/c1-15(2)11-19-20(22(19,3)4)21(25)24-17-8-5-9-18(12-17)26-14-16-7-6-10-23-13-16;24-20(9-13-23-11-2-1-3-12-23)22-18-7-4-8-19(14-18)25-16-17-6-5-10-21-15-17;1-22-10-4-6-16(13-22)19(23)21-17-7-2-8-18(11-17)24-14-15-5-3-9-20-12-15/h5-13,19-20H,14H2,1-4H3,(H,24,25);4-8,10,14-15H,1-3,9,11-13,16H2,(H,22,24);2-3,5-9,11-12H,4,10,13-14H2,1H3,(H,21,23). The molecule has 14 heteroatoms. The summed E-state index contributed by atoms with van der Waals surface area (Å²) in [4.78, 5) is 53.9. The van der Waals surface area contributed by atoms with Crippen LogP contribution in [0.25, 0.3) is 0 Å². The summed E-state index contributed by atoms with van der Waals surface area (Å²) in [7, 11) is 2.02. The Hall–Kier alpha value is -7.68. The van der Waals surface area contributed by atoms with Crippen LogP contribution >= 0.6 is 0 Å². The first-order valence-electron chi connectivity index (χ1n) is 25.9. The average molecular weight is 1010 g/mol. The second-order valence-electron chi connectivity index (χ2n) is 20.0. The molecule has 2 fully saturated rings. The molecule has 3 amide bonds. The lowest BCUT2D eigenvalue weighted by Crippen LogP contribution is -2.32. The van der Waals surface area contributed by atoms with Crippen LogP contribution in [0.2, 0.25) is 0 Å². The molecule has 0 spiro atoms. The number of nitrogens with one attached hydrogen (secondary N) is 3. The molecule has 75 heavy (non-hydrogen) atoms. The molecular weight excluding hydrogens is 941 g/mol. The van der Waals surface area contributed by atoms with Gasteiger partial charge in [-0.1, -0.05) is 74.4 Å². The first-order valence-corrected chi connectivity index (χ1v) is 25.9. The Balaban J connectivity index is 0.000000164. The number of likely N-dealkylation sites (N-methyl/N-ethyl adjacent to an activating group) is 1. The van der Waals surface area contributed by atoms with Crippen LogP contribution in [-0.4, -0.2) is 82.2 Å². The maximum atomic E-state index is 12.7. The molecule has 2 aliphatic heterocycles. The van der Waals surface area contributed by atoms with Crippen molar-refractivity contribution in [2.24, 2.45) is 17.3 Å². The number of nitrogens with zero attached hydrogens (tertiary/aromatic N) is 5. The Morgan fingerprint density at radius 2 is 1.13 bits per heavy atom. The van der Waals surface area contributed by atoms with Crippen molar-refractivity contribution < 1.29 is 28.6 Å². The van der Waals surface area contributed by atoms with E-state index in [4.69, 9.17) is 14.2 Å². The topological polar surface area (TPSA) is 160 Å². The van der Waals surface area contributed by atoms with E-state index in [2.05, 4.69) is 74.5 Å². The normalized spacial score (nSPS) is 16.7. The number of anilines is 3. The Morgan fingerprint density at radius 3 is 1.60 bits per heavy atom. The molecule has 392 valence electrons. The fourth-order valence-corrected chi connectivity index (χ4v) is 8.95. The number of likely N-dealkylation sites (tertiary alicyclic amines) is 1. The van der Waals surface area contributed by atoms with E-state index in [1.807, 2.05) is 122 Å². The zero-order valence-electron chi connectivity index (χ0n) is 44.0. The highest BCUT2D eigenvalue weighted by atomic mass is 16.5. The summed E-state index contributed by atoms with van der Waals surface area (Å²) in [6.07, 6.45) is 20.0. The van der Waals surface area contributed by atoms with Crippen molar-refractivity contribution in [1.29, 1.82) is 0 Å². The van der Waals surface area contributed by atoms with Crippen LogP contribution in [0.15, 0.2) is 170 Å². The number of allylic oxidation sites excluding steroid dienone is 2. The number of pyridine rings is 3. The summed E-state index contributed by atoms with van der Waals surface area (Å²) in [5.41, 5.74) is 7.36. The maximum Gasteiger partial charge on any atom is 0.252 e. The maximum absolute atomic E-state index is 12.7. The molecule has 1 saturated heterocycles. The van der Waals surface area contributed by atoms with E-state index in [0.29, 0.717) is 44.5 Å². The summed E-state index contributed by atoms with van der Waals surface area (Å²) in [5, 5.41) is 8.95. The van der Waals surface area contributed by atoms with Crippen LogP contribution < -0.4 is 30.2 Å². The highest BCUT2D eigenvalue weighted by Gasteiger charge is 2.60. The predicted octanol–water partition coefficient (Wildman–Crippen LogP) is 11.2. The van der Waals surface area contributed by atoms with Gasteiger partial charge in [0, 0.05) is 121 Å². The zero-order chi connectivity index (χ0) is 52.8. The van der Waals surface area contributed by atoms with Gasteiger partial charge in [-0.2, -0.15) is 0 Å². The van der Waals surface area contributed by atoms with E-state index < -0.39 is 0 Å².